The van der Waals surface area contributed by atoms with Gasteiger partial charge in [0.15, 0.2) is 5.82 Å². The molecule has 4 rings (SSSR count). The van der Waals surface area contributed by atoms with E-state index in [1.807, 2.05) is 24.0 Å². The van der Waals surface area contributed by atoms with E-state index in [0.29, 0.717) is 48.9 Å². The number of hydrogen-bond acceptors (Lipinski definition) is 7. The number of amides is 1. The molecule has 0 spiro atoms. The Morgan fingerprint density at radius 3 is 2.71 bits per heavy atom. The number of ether oxygens (including phenoxy) is 2. The third-order valence-corrected chi connectivity index (χ3v) is 7.21. The standard InChI is InChI=1S/C23H24BrClFN5O4/c1-12-11-30(23(32)33)6-7-31(12)21-15-9-16(25)18(24)19(26)20(15)28-22(29-21)27-10-13-4-5-14(34-2)8-17(13)35-3/h4-5,8-9,12H,6-7,10-11H2,1-3H3,(H,32,33)(H,27,28,29). The van der Waals surface area contributed by atoms with Crippen LogP contribution in [0.5, 0.6) is 11.5 Å². The van der Waals surface area contributed by atoms with Crippen LogP contribution in [0.1, 0.15) is 12.5 Å². The fourth-order valence-corrected chi connectivity index (χ4v) is 4.57. The second-order valence-electron chi connectivity index (χ2n) is 8.06. The topological polar surface area (TPSA) is 100 Å². The van der Waals surface area contributed by atoms with Crippen LogP contribution in [0.25, 0.3) is 10.9 Å². The van der Waals surface area contributed by atoms with E-state index in [9.17, 15) is 9.90 Å². The minimum absolute atomic E-state index is 0.100. The average molecular weight is 569 g/mol. The summed E-state index contributed by atoms with van der Waals surface area (Å²) >= 11 is 9.44. The van der Waals surface area contributed by atoms with Gasteiger partial charge in [-0.1, -0.05) is 11.6 Å². The van der Waals surface area contributed by atoms with Crippen molar-refractivity contribution < 1.29 is 23.8 Å². The van der Waals surface area contributed by atoms with E-state index in [4.69, 9.17) is 26.1 Å². The number of halogens is 3. The third kappa shape index (κ3) is 5.01. The monoisotopic (exact) mass is 567 g/mol. The summed E-state index contributed by atoms with van der Waals surface area (Å²) in [6, 6.07) is 6.86. The highest BCUT2D eigenvalue weighted by Gasteiger charge is 2.30. The van der Waals surface area contributed by atoms with Gasteiger partial charge in [0.1, 0.15) is 22.8 Å². The molecule has 0 bridgehead atoms. The van der Waals surface area contributed by atoms with Crippen molar-refractivity contribution >= 4 is 56.3 Å². The maximum absolute atomic E-state index is 15.2. The maximum atomic E-state index is 15.2. The van der Waals surface area contributed by atoms with Gasteiger partial charge >= 0.3 is 6.09 Å². The van der Waals surface area contributed by atoms with Crippen LogP contribution >= 0.6 is 27.5 Å². The SMILES string of the molecule is COc1ccc(CNc2nc(N3CCN(C(=O)O)CC3C)c3cc(Cl)c(Br)c(F)c3n2)c(OC)c1. The molecule has 1 fully saturated rings. The van der Waals surface area contributed by atoms with Gasteiger partial charge in [-0.25, -0.2) is 14.2 Å². The Morgan fingerprint density at radius 1 is 1.29 bits per heavy atom. The van der Waals surface area contributed by atoms with Crippen molar-refractivity contribution in [2.75, 3.05) is 44.1 Å². The van der Waals surface area contributed by atoms with Crippen molar-refractivity contribution in [3.63, 3.8) is 0 Å². The molecule has 35 heavy (non-hydrogen) atoms. The largest absolute Gasteiger partial charge is 0.497 e. The van der Waals surface area contributed by atoms with Crippen LogP contribution in [-0.4, -0.2) is 66.0 Å². The first kappa shape index (κ1) is 25.1. The summed E-state index contributed by atoms with van der Waals surface area (Å²) in [5.41, 5.74) is 0.933. The lowest BCUT2D eigenvalue weighted by atomic mass is 10.1. The van der Waals surface area contributed by atoms with Gasteiger partial charge in [-0.2, -0.15) is 4.98 Å². The number of nitrogens with zero attached hydrogens (tertiary/aromatic N) is 4. The molecule has 1 unspecified atom stereocenters. The van der Waals surface area contributed by atoms with Crippen LogP contribution in [0.2, 0.25) is 5.02 Å². The number of fused-ring (bicyclic) bond motifs is 1. The average Bonchev–Trinajstić information content (AvgIpc) is 2.85. The number of carbonyl (C=O) groups is 1. The third-order valence-electron chi connectivity index (χ3n) is 5.91. The summed E-state index contributed by atoms with van der Waals surface area (Å²) in [5.74, 6) is 1.37. The van der Waals surface area contributed by atoms with Crippen LogP contribution in [0.4, 0.5) is 21.0 Å². The summed E-state index contributed by atoms with van der Waals surface area (Å²) in [6.07, 6.45) is -0.974. The van der Waals surface area contributed by atoms with Gasteiger partial charge in [-0.15, -0.1) is 0 Å². The van der Waals surface area contributed by atoms with Gasteiger partial charge in [0.2, 0.25) is 5.95 Å². The smallest absolute Gasteiger partial charge is 0.407 e. The summed E-state index contributed by atoms with van der Waals surface area (Å²) in [7, 11) is 3.14. The minimum Gasteiger partial charge on any atom is -0.497 e. The van der Waals surface area contributed by atoms with E-state index in [1.165, 1.54) is 4.90 Å². The number of anilines is 2. The molecule has 1 aliphatic rings. The minimum atomic E-state index is -0.974. The fourth-order valence-electron chi connectivity index (χ4n) is 4.07. The van der Waals surface area contributed by atoms with E-state index in [-0.39, 0.29) is 27.0 Å². The zero-order chi connectivity index (χ0) is 25.3. The van der Waals surface area contributed by atoms with E-state index in [0.717, 1.165) is 5.56 Å². The highest BCUT2D eigenvalue weighted by atomic mass is 79.9. The quantitative estimate of drug-likeness (QED) is 0.401. The number of nitrogens with one attached hydrogen (secondary N) is 1. The number of carboxylic acid groups (broad SMARTS) is 1. The van der Waals surface area contributed by atoms with Crippen LogP contribution in [0.3, 0.4) is 0 Å². The molecule has 186 valence electrons. The van der Waals surface area contributed by atoms with Gasteiger partial charge in [0.25, 0.3) is 0 Å². The lowest BCUT2D eigenvalue weighted by Crippen LogP contribution is -2.53. The zero-order valence-electron chi connectivity index (χ0n) is 19.3. The highest BCUT2D eigenvalue weighted by molar-refractivity contribution is 9.10. The second kappa shape index (κ2) is 10.3. The molecular weight excluding hydrogens is 545 g/mol. The molecule has 9 nitrogen and oxygen atoms in total. The maximum Gasteiger partial charge on any atom is 0.407 e. The Labute approximate surface area is 214 Å². The van der Waals surface area contributed by atoms with Crippen molar-refractivity contribution in [3.05, 3.63) is 45.1 Å². The molecule has 0 aliphatic carbocycles. The van der Waals surface area contributed by atoms with Gasteiger partial charge in [-0.05, 0) is 41.1 Å². The molecule has 1 atom stereocenters. The van der Waals surface area contributed by atoms with E-state index in [1.54, 1.807) is 26.4 Å². The molecular formula is C23H24BrClFN5O4. The Hall–Kier alpha value is -3.05. The Kier molecular flexibility index (Phi) is 7.36. The van der Waals surface area contributed by atoms with E-state index < -0.39 is 11.9 Å². The molecule has 2 heterocycles. The van der Waals surface area contributed by atoms with Crippen LogP contribution in [0.15, 0.2) is 28.7 Å². The zero-order valence-corrected chi connectivity index (χ0v) is 21.7. The molecule has 1 aromatic heterocycles. The molecule has 0 radical (unpaired) electrons. The number of aromatic nitrogens is 2. The number of benzene rings is 2. The summed E-state index contributed by atoms with van der Waals surface area (Å²) in [6.45, 7) is 3.19. The molecule has 2 aromatic carbocycles. The molecule has 0 saturated carbocycles. The van der Waals surface area contributed by atoms with Gasteiger partial charge in [0.05, 0.1) is 23.7 Å². The van der Waals surface area contributed by atoms with Gasteiger partial charge < -0.3 is 29.7 Å². The number of rotatable bonds is 6. The molecule has 2 N–H and O–H groups in total. The Morgan fingerprint density at radius 2 is 2.06 bits per heavy atom. The van der Waals surface area contributed by atoms with Crippen LogP contribution < -0.4 is 19.7 Å². The molecule has 1 amide bonds. The van der Waals surface area contributed by atoms with Gasteiger partial charge in [-0.3, -0.25) is 0 Å². The van der Waals surface area contributed by atoms with Crippen molar-refractivity contribution in [3.8, 4) is 11.5 Å². The molecule has 12 heteroatoms. The van der Waals surface area contributed by atoms with Gasteiger partial charge in [0, 0.05) is 49.2 Å². The van der Waals surface area contributed by atoms with Crippen LogP contribution in [0, 0.1) is 5.82 Å². The van der Waals surface area contributed by atoms with Crippen molar-refractivity contribution in [2.45, 2.75) is 19.5 Å². The fraction of sp³-hybridized carbons (Fsp3) is 0.348. The number of methoxy groups -OCH3 is 2. The Bertz CT molecular complexity index is 1280. The Balaban J connectivity index is 1.73. The lowest BCUT2D eigenvalue weighted by Gasteiger charge is -2.39. The first-order valence-corrected chi connectivity index (χ1v) is 11.9. The molecule has 1 aliphatic heterocycles. The summed E-state index contributed by atoms with van der Waals surface area (Å²) in [5, 5.41) is 13.2. The van der Waals surface area contributed by atoms with E-state index in [2.05, 4.69) is 26.2 Å². The number of hydrogen-bond donors (Lipinski definition) is 2. The summed E-state index contributed by atoms with van der Waals surface area (Å²) < 4.78 is 26.0. The highest BCUT2D eigenvalue weighted by Crippen LogP contribution is 2.37. The lowest BCUT2D eigenvalue weighted by molar-refractivity contribution is 0.136. The first-order chi connectivity index (χ1) is 16.7. The van der Waals surface area contributed by atoms with Crippen LogP contribution in [-0.2, 0) is 6.54 Å². The number of piperazine rings is 1. The van der Waals surface area contributed by atoms with Crippen molar-refractivity contribution in [1.29, 1.82) is 0 Å². The normalized spacial score (nSPS) is 15.9. The molecule has 1 saturated heterocycles. The first-order valence-electron chi connectivity index (χ1n) is 10.8. The van der Waals surface area contributed by atoms with Crippen molar-refractivity contribution in [1.82, 2.24) is 14.9 Å². The summed E-state index contributed by atoms with van der Waals surface area (Å²) in [4.78, 5) is 23.8. The molecule has 3 aromatic rings. The predicted octanol–water partition coefficient (Wildman–Crippen LogP) is 5.00. The predicted molar refractivity (Wildman–Crippen MR) is 135 cm³/mol. The van der Waals surface area contributed by atoms with Crippen molar-refractivity contribution in [2.24, 2.45) is 0 Å². The van der Waals surface area contributed by atoms with E-state index >= 15 is 4.39 Å². The second-order valence-corrected chi connectivity index (χ2v) is 9.26.